The van der Waals surface area contributed by atoms with E-state index in [1.165, 1.54) is 0 Å². The molecule has 0 unspecified atom stereocenters. The van der Waals surface area contributed by atoms with E-state index in [1.54, 1.807) is 24.3 Å². The Balaban J connectivity index is 1.37. The lowest BCUT2D eigenvalue weighted by Crippen LogP contribution is -2.34. The van der Waals surface area contributed by atoms with Gasteiger partial charge in [0.05, 0.1) is 23.5 Å². The van der Waals surface area contributed by atoms with Crippen molar-refractivity contribution in [3.05, 3.63) is 52.5 Å². The zero-order valence-corrected chi connectivity index (χ0v) is 16.9. The standard InChI is InChI=1S/C22H22ClF3N2O2/c23-15-2-4-18(17(27)11-15)28-20(29)9-13-5-7-21(8-6-13)12-30-19-10-14(22(24,25)26)1-3-16(19)21/h1-4,10-11,13H,5-9,12,27H2,(H,28,29)/t13-,21+. The molecule has 0 atom stereocenters. The SMILES string of the molecule is Nc1cc(Cl)ccc1NC(=O)C[C@H]1CC[C@@]2(CC1)COc1cc(C(F)(F)F)ccc12. The summed E-state index contributed by atoms with van der Waals surface area (Å²) in [6.45, 7) is 0.393. The van der Waals surface area contributed by atoms with Gasteiger partial charge in [-0.15, -0.1) is 0 Å². The van der Waals surface area contributed by atoms with Gasteiger partial charge in [-0.25, -0.2) is 0 Å². The monoisotopic (exact) mass is 438 g/mol. The molecule has 2 aliphatic rings. The molecule has 4 nitrogen and oxygen atoms in total. The summed E-state index contributed by atoms with van der Waals surface area (Å²) in [5.74, 6) is 0.435. The number of halogens is 4. The lowest BCUT2D eigenvalue weighted by Gasteiger charge is -2.36. The molecule has 1 fully saturated rings. The number of nitrogens with two attached hydrogens (primary N) is 1. The van der Waals surface area contributed by atoms with Crippen molar-refractivity contribution in [3.8, 4) is 5.75 Å². The molecule has 0 radical (unpaired) electrons. The summed E-state index contributed by atoms with van der Waals surface area (Å²) in [6.07, 6.45) is -0.814. The van der Waals surface area contributed by atoms with Gasteiger partial charge in [-0.05, 0) is 61.9 Å². The maximum absolute atomic E-state index is 13.0. The minimum Gasteiger partial charge on any atom is -0.492 e. The van der Waals surface area contributed by atoms with Crippen molar-refractivity contribution in [2.24, 2.45) is 5.92 Å². The fraction of sp³-hybridized carbons (Fsp3) is 0.409. The Morgan fingerprint density at radius 2 is 1.93 bits per heavy atom. The second-order valence-electron chi connectivity index (χ2n) is 8.20. The number of amides is 1. The quantitative estimate of drug-likeness (QED) is 0.596. The summed E-state index contributed by atoms with van der Waals surface area (Å²) in [7, 11) is 0. The Morgan fingerprint density at radius 1 is 1.20 bits per heavy atom. The van der Waals surface area contributed by atoms with Gasteiger partial charge < -0.3 is 15.8 Å². The van der Waals surface area contributed by atoms with Crippen molar-refractivity contribution in [1.29, 1.82) is 0 Å². The highest BCUT2D eigenvalue weighted by Crippen LogP contribution is 2.50. The van der Waals surface area contributed by atoms with Crippen LogP contribution in [0.5, 0.6) is 5.75 Å². The van der Waals surface area contributed by atoms with Crippen LogP contribution >= 0.6 is 11.6 Å². The number of hydrogen-bond acceptors (Lipinski definition) is 3. The highest BCUT2D eigenvalue weighted by atomic mass is 35.5. The minimum absolute atomic E-state index is 0.108. The van der Waals surface area contributed by atoms with E-state index in [0.717, 1.165) is 43.4 Å². The number of rotatable bonds is 3. The Kier molecular flexibility index (Phi) is 5.34. The van der Waals surface area contributed by atoms with Crippen LogP contribution in [0, 0.1) is 5.92 Å². The fourth-order valence-electron chi connectivity index (χ4n) is 4.51. The summed E-state index contributed by atoms with van der Waals surface area (Å²) in [5.41, 5.74) is 6.74. The van der Waals surface area contributed by atoms with E-state index in [-0.39, 0.29) is 17.2 Å². The molecule has 1 aliphatic heterocycles. The van der Waals surface area contributed by atoms with E-state index in [4.69, 9.17) is 22.1 Å². The van der Waals surface area contributed by atoms with E-state index in [2.05, 4.69) is 5.32 Å². The number of ether oxygens (including phenoxy) is 1. The average molecular weight is 439 g/mol. The summed E-state index contributed by atoms with van der Waals surface area (Å²) < 4.78 is 44.5. The first-order valence-electron chi connectivity index (χ1n) is 9.86. The van der Waals surface area contributed by atoms with E-state index < -0.39 is 11.7 Å². The predicted octanol–water partition coefficient (Wildman–Crippen LogP) is 5.79. The summed E-state index contributed by atoms with van der Waals surface area (Å²) in [4.78, 5) is 12.4. The highest BCUT2D eigenvalue weighted by molar-refractivity contribution is 6.31. The van der Waals surface area contributed by atoms with E-state index in [9.17, 15) is 18.0 Å². The molecule has 160 valence electrons. The van der Waals surface area contributed by atoms with E-state index in [0.29, 0.717) is 35.2 Å². The van der Waals surface area contributed by atoms with Crippen molar-refractivity contribution in [1.82, 2.24) is 0 Å². The lowest BCUT2D eigenvalue weighted by atomic mass is 9.67. The first kappa shape index (κ1) is 20.8. The normalized spacial score (nSPS) is 23.1. The number of hydrogen-bond donors (Lipinski definition) is 2. The van der Waals surface area contributed by atoms with Crippen LogP contribution in [0.25, 0.3) is 0 Å². The number of alkyl halides is 3. The third kappa shape index (κ3) is 4.08. The molecule has 4 rings (SSSR count). The Bertz CT molecular complexity index is 969. The molecule has 0 bridgehead atoms. The minimum atomic E-state index is -4.38. The zero-order valence-electron chi connectivity index (χ0n) is 16.2. The molecular formula is C22H22ClF3N2O2. The van der Waals surface area contributed by atoms with Gasteiger partial charge >= 0.3 is 6.18 Å². The molecule has 1 amide bonds. The highest BCUT2D eigenvalue weighted by Gasteiger charge is 2.44. The Labute approximate surface area is 177 Å². The van der Waals surface area contributed by atoms with Crippen LogP contribution in [0.15, 0.2) is 36.4 Å². The van der Waals surface area contributed by atoms with Crippen LogP contribution in [0.2, 0.25) is 5.02 Å². The van der Waals surface area contributed by atoms with Gasteiger partial charge in [-0.3, -0.25) is 4.79 Å². The average Bonchev–Trinajstić information content (AvgIpc) is 3.03. The third-order valence-corrected chi connectivity index (χ3v) is 6.44. The number of fused-ring (bicyclic) bond motifs is 2. The second kappa shape index (κ2) is 7.69. The largest absolute Gasteiger partial charge is 0.492 e. The Morgan fingerprint density at radius 3 is 2.60 bits per heavy atom. The van der Waals surface area contributed by atoms with Crippen LogP contribution in [-0.4, -0.2) is 12.5 Å². The first-order valence-corrected chi connectivity index (χ1v) is 10.2. The van der Waals surface area contributed by atoms with Crippen molar-refractivity contribution in [2.75, 3.05) is 17.7 Å². The number of nitrogens with one attached hydrogen (secondary N) is 1. The van der Waals surface area contributed by atoms with Gasteiger partial charge in [-0.1, -0.05) is 17.7 Å². The van der Waals surface area contributed by atoms with Crippen LogP contribution in [0.1, 0.15) is 43.2 Å². The van der Waals surface area contributed by atoms with Crippen LogP contribution in [-0.2, 0) is 16.4 Å². The molecule has 1 heterocycles. The van der Waals surface area contributed by atoms with Gasteiger partial charge in [0.2, 0.25) is 5.91 Å². The number of benzene rings is 2. The summed E-state index contributed by atoms with van der Waals surface area (Å²) in [6, 6.07) is 8.71. The van der Waals surface area contributed by atoms with Crippen molar-refractivity contribution < 1.29 is 22.7 Å². The summed E-state index contributed by atoms with van der Waals surface area (Å²) in [5, 5.41) is 3.33. The fourth-order valence-corrected chi connectivity index (χ4v) is 4.69. The maximum atomic E-state index is 13.0. The molecule has 1 spiro atoms. The second-order valence-corrected chi connectivity index (χ2v) is 8.64. The molecule has 1 aliphatic carbocycles. The zero-order chi connectivity index (χ0) is 21.5. The summed E-state index contributed by atoms with van der Waals surface area (Å²) >= 11 is 5.88. The lowest BCUT2D eigenvalue weighted by molar-refractivity contribution is -0.137. The number of nitrogen functional groups attached to an aromatic ring is 1. The molecule has 8 heteroatoms. The van der Waals surface area contributed by atoms with Crippen LogP contribution in [0.4, 0.5) is 24.5 Å². The number of carbonyl (C=O) groups is 1. The van der Waals surface area contributed by atoms with E-state index in [1.807, 2.05) is 0 Å². The van der Waals surface area contributed by atoms with Gasteiger partial charge in [0, 0.05) is 22.4 Å². The topological polar surface area (TPSA) is 64.3 Å². The molecule has 0 saturated heterocycles. The Hall–Kier alpha value is -2.41. The molecule has 30 heavy (non-hydrogen) atoms. The molecule has 1 saturated carbocycles. The van der Waals surface area contributed by atoms with Crippen molar-refractivity contribution in [3.63, 3.8) is 0 Å². The van der Waals surface area contributed by atoms with Crippen molar-refractivity contribution in [2.45, 2.75) is 43.7 Å². The molecule has 0 aromatic heterocycles. The van der Waals surface area contributed by atoms with Gasteiger partial charge in [0.15, 0.2) is 0 Å². The smallest absolute Gasteiger partial charge is 0.416 e. The van der Waals surface area contributed by atoms with Gasteiger partial charge in [0.25, 0.3) is 0 Å². The van der Waals surface area contributed by atoms with E-state index >= 15 is 0 Å². The molecular weight excluding hydrogens is 417 g/mol. The predicted molar refractivity (Wildman–Crippen MR) is 110 cm³/mol. The number of anilines is 2. The van der Waals surface area contributed by atoms with Crippen LogP contribution < -0.4 is 15.8 Å². The molecule has 2 aromatic rings. The molecule has 2 aromatic carbocycles. The van der Waals surface area contributed by atoms with Crippen molar-refractivity contribution >= 4 is 28.9 Å². The van der Waals surface area contributed by atoms with Gasteiger partial charge in [-0.2, -0.15) is 13.2 Å². The molecule has 3 N–H and O–H groups in total. The first-order chi connectivity index (χ1) is 14.2. The van der Waals surface area contributed by atoms with Crippen LogP contribution in [0.3, 0.4) is 0 Å². The van der Waals surface area contributed by atoms with Gasteiger partial charge in [0.1, 0.15) is 5.75 Å². The third-order valence-electron chi connectivity index (χ3n) is 6.21. The maximum Gasteiger partial charge on any atom is 0.416 e. The number of carbonyl (C=O) groups excluding carboxylic acids is 1.